The molecule has 8 nitrogen and oxygen atoms in total. The van der Waals surface area contributed by atoms with Gasteiger partial charge in [-0.15, -0.1) is 0 Å². The zero-order valence-corrected chi connectivity index (χ0v) is 17.2. The maximum absolute atomic E-state index is 12.9. The summed E-state index contributed by atoms with van der Waals surface area (Å²) in [6, 6.07) is 2.18. The van der Waals surface area contributed by atoms with Crippen molar-refractivity contribution in [2.45, 2.75) is 50.0 Å². The van der Waals surface area contributed by atoms with Crippen molar-refractivity contribution in [3.05, 3.63) is 35.4 Å². The number of piperidine rings is 1. The second kappa shape index (κ2) is 6.71. The van der Waals surface area contributed by atoms with Gasteiger partial charge in [0.1, 0.15) is 5.69 Å². The van der Waals surface area contributed by atoms with Gasteiger partial charge in [0, 0.05) is 51.5 Å². The third-order valence-electron chi connectivity index (χ3n) is 7.10. The van der Waals surface area contributed by atoms with E-state index >= 15 is 0 Å². The van der Waals surface area contributed by atoms with E-state index in [1.807, 2.05) is 23.0 Å². The molecule has 2 aromatic heterocycles. The molecular formula is C21H28N6O2. The van der Waals surface area contributed by atoms with E-state index in [2.05, 4.69) is 9.78 Å². The molecule has 8 heteroatoms. The third-order valence-corrected chi connectivity index (χ3v) is 7.10. The maximum Gasteiger partial charge on any atom is 0.272 e. The van der Waals surface area contributed by atoms with Gasteiger partial charge in [0.2, 0.25) is 0 Å². The average molecular weight is 396 g/mol. The first-order valence-corrected chi connectivity index (χ1v) is 10.6. The summed E-state index contributed by atoms with van der Waals surface area (Å²) in [5.41, 5.74) is 2.17. The van der Waals surface area contributed by atoms with Gasteiger partial charge in [-0.2, -0.15) is 10.2 Å². The van der Waals surface area contributed by atoms with Crippen molar-refractivity contribution in [2.24, 2.45) is 7.05 Å². The van der Waals surface area contributed by atoms with Gasteiger partial charge in [0.05, 0.1) is 17.3 Å². The van der Waals surface area contributed by atoms with E-state index in [1.165, 1.54) is 12.8 Å². The molecule has 3 aliphatic rings. The molecule has 29 heavy (non-hydrogen) atoms. The fourth-order valence-electron chi connectivity index (χ4n) is 5.38. The summed E-state index contributed by atoms with van der Waals surface area (Å²) in [4.78, 5) is 29.5. The van der Waals surface area contributed by atoms with Crippen LogP contribution in [0.5, 0.6) is 0 Å². The number of nitrogens with zero attached hydrogens (tertiary/aromatic N) is 6. The Labute approximate surface area is 170 Å². The highest BCUT2D eigenvalue weighted by Crippen LogP contribution is 2.42. The van der Waals surface area contributed by atoms with Crippen molar-refractivity contribution >= 4 is 11.8 Å². The molecule has 1 saturated carbocycles. The topological polar surface area (TPSA) is 76.3 Å². The Hall–Kier alpha value is -2.64. The van der Waals surface area contributed by atoms with Gasteiger partial charge in [-0.3, -0.25) is 19.0 Å². The van der Waals surface area contributed by atoms with Gasteiger partial charge in [-0.1, -0.05) is 12.8 Å². The van der Waals surface area contributed by atoms with Crippen LogP contribution in [0, 0.1) is 0 Å². The van der Waals surface area contributed by atoms with Gasteiger partial charge in [0.25, 0.3) is 11.8 Å². The predicted molar refractivity (Wildman–Crippen MR) is 107 cm³/mol. The van der Waals surface area contributed by atoms with E-state index in [1.54, 1.807) is 24.0 Å². The smallest absolute Gasteiger partial charge is 0.272 e. The monoisotopic (exact) mass is 396 g/mol. The lowest BCUT2D eigenvalue weighted by Gasteiger charge is -2.45. The maximum atomic E-state index is 12.9. The number of aromatic nitrogens is 4. The minimum absolute atomic E-state index is 0.0248. The predicted octanol–water partition coefficient (Wildman–Crippen LogP) is 1.99. The van der Waals surface area contributed by atoms with E-state index < -0.39 is 0 Å². The highest BCUT2D eigenvalue weighted by atomic mass is 16.2. The van der Waals surface area contributed by atoms with E-state index in [4.69, 9.17) is 5.10 Å². The third kappa shape index (κ3) is 2.88. The van der Waals surface area contributed by atoms with Crippen molar-refractivity contribution in [2.75, 3.05) is 26.7 Å². The molecule has 154 valence electrons. The zero-order valence-electron chi connectivity index (χ0n) is 17.2. The summed E-state index contributed by atoms with van der Waals surface area (Å²) in [5, 5.41) is 9.10. The Balaban J connectivity index is 1.41. The van der Waals surface area contributed by atoms with Crippen molar-refractivity contribution in [1.29, 1.82) is 0 Å². The zero-order chi connectivity index (χ0) is 20.2. The molecule has 1 spiro atoms. The van der Waals surface area contributed by atoms with Crippen molar-refractivity contribution in [3.63, 3.8) is 0 Å². The van der Waals surface area contributed by atoms with Crippen LogP contribution >= 0.6 is 0 Å². The second-order valence-electron chi connectivity index (χ2n) is 8.88. The van der Waals surface area contributed by atoms with Crippen molar-refractivity contribution in [1.82, 2.24) is 29.4 Å². The SMILES string of the molecule is CN1CC2(CCN(C(=O)c3ccnn3C)CC2)c2nn(C3CCCC3)cc2C1=O. The molecule has 0 bridgehead atoms. The fourth-order valence-corrected chi connectivity index (χ4v) is 5.38. The highest BCUT2D eigenvalue weighted by Gasteiger charge is 2.47. The molecule has 1 aliphatic carbocycles. The van der Waals surface area contributed by atoms with Gasteiger partial charge < -0.3 is 9.80 Å². The lowest BCUT2D eigenvalue weighted by Crippen LogP contribution is -2.54. The quantitative estimate of drug-likeness (QED) is 0.778. The Morgan fingerprint density at radius 3 is 2.55 bits per heavy atom. The summed E-state index contributed by atoms with van der Waals surface area (Å²) in [5.74, 6) is 0.0973. The van der Waals surface area contributed by atoms with Crippen LogP contribution in [0.4, 0.5) is 0 Å². The minimum Gasteiger partial charge on any atom is -0.341 e. The van der Waals surface area contributed by atoms with Crippen LogP contribution < -0.4 is 0 Å². The molecule has 2 amide bonds. The van der Waals surface area contributed by atoms with Crippen LogP contribution in [0.3, 0.4) is 0 Å². The molecule has 2 fully saturated rings. The number of hydrogen-bond donors (Lipinski definition) is 0. The molecule has 2 aliphatic heterocycles. The molecule has 0 N–H and O–H groups in total. The lowest BCUT2D eigenvalue weighted by molar-refractivity contribution is 0.0537. The van der Waals surface area contributed by atoms with Gasteiger partial charge in [-0.25, -0.2) is 0 Å². The molecule has 0 radical (unpaired) electrons. The summed E-state index contributed by atoms with van der Waals surface area (Å²) in [7, 11) is 3.68. The molecule has 4 heterocycles. The van der Waals surface area contributed by atoms with E-state index in [9.17, 15) is 9.59 Å². The average Bonchev–Trinajstić information content (AvgIpc) is 3.46. The van der Waals surface area contributed by atoms with Crippen LogP contribution in [0.2, 0.25) is 0 Å². The van der Waals surface area contributed by atoms with Crippen LogP contribution in [-0.2, 0) is 12.5 Å². The summed E-state index contributed by atoms with van der Waals surface area (Å²) in [6.07, 6.45) is 10.0. The number of likely N-dealkylation sites (N-methyl/N-ethyl adjacent to an activating group) is 1. The number of carbonyl (C=O) groups is 2. The molecule has 0 aromatic carbocycles. The number of rotatable bonds is 2. The number of carbonyl (C=O) groups excluding carboxylic acids is 2. The van der Waals surface area contributed by atoms with E-state index in [0.29, 0.717) is 31.4 Å². The Bertz CT molecular complexity index is 946. The van der Waals surface area contributed by atoms with Gasteiger partial charge in [-0.05, 0) is 31.7 Å². The van der Waals surface area contributed by atoms with Crippen molar-refractivity contribution in [3.8, 4) is 0 Å². The summed E-state index contributed by atoms with van der Waals surface area (Å²) >= 11 is 0. The summed E-state index contributed by atoms with van der Waals surface area (Å²) in [6.45, 7) is 2.01. The molecule has 0 atom stereocenters. The number of hydrogen-bond acceptors (Lipinski definition) is 4. The standard InChI is InChI=1S/C21H28N6O2/c1-24-14-21(8-11-26(12-9-21)20(29)17-7-10-22-25(17)2)18-16(19(24)28)13-27(23-18)15-5-3-4-6-15/h7,10,13,15H,3-6,8-9,11-12,14H2,1-2H3. The van der Waals surface area contributed by atoms with Crippen LogP contribution in [0.1, 0.15) is 71.1 Å². The largest absolute Gasteiger partial charge is 0.341 e. The molecule has 5 rings (SSSR count). The van der Waals surface area contributed by atoms with Crippen LogP contribution in [0.25, 0.3) is 0 Å². The molecule has 0 unspecified atom stereocenters. The number of likely N-dealkylation sites (tertiary alicyclic amines) is 1. The van der Waals surface area contributed by atoms with Crippen LogP contribution in [0.15, 0.2) is 18.5 Å². The van der Waals surface area contributed by atoms with Crippen LogP contribution in [-0.4, -0.2) is 67.9 Å². The van der Waals surface area contributed by atoms with E-state index in [0.717, 1.165) is 36.9 Å². The number of aryl methyl sites for hydroxylation is 1. The fraction of sp³-hybridized carbons (Fsp3) is 0.619. The Kier molecular flexibility index (Phi) is 4.26. The minimum atomic E-state index is -0.162. The van der Waals surface area contributed by atoms with Gasteiger partial charge >= 0.3 is 0 Å². The second-order valence-corrected chi connectivity index (χ2v) is 8.88. The summed E-state index contributed by atoms with van der Waals surface area (Å²) < 4.78 is 3.69. The Morgan fingerprint density at radius 2 is 1.90 bits per heavy atom. The van der Waals surface area contributed by atoms with Gasteiger partial charge in [0.15, 0.2) is 0 Å². The number of fused-ring (bicyclic) bond motifs is 2. The first kappa shape index (κ1) is 18.4. The van der Waals surface area contributed by atoms with Crippen molar-refractivity contribution < 1.29 is 9.59 Å². The lowest BCUT2D eigenvalue weighted by atomic mass is 9.72. The Morgan fingerprint density at radius 1 is 1.17 bits per heavy atom. The number of amides is 2. The first-order chi connectivity index (χ1) is 14.0. The highest BCUT2D eigenvalue weighted by molar-refractivity contribution is 5.97. The molecule has 1 saturated heterocycles. The first-order valence-electron chi connectivity index (χ1n) is 10.6. The molecule has 2 aromatic rings. The van der Waals surface area contributed by atoms with E-state index in [-0.39, 0.29) is 17.2 Å². The normalized spacial score (nSPS) is 21.8. The molecular weight excluding hydrogens is 368 g/mol.